The number of rotatable bonds is 1. The fourth-order valence-corrected chi connectivity index (χ4v) is 2.17. The van der Waals surface area contributed by atoms with Gasteiger partial charge in [0.1, 0.15) is 0 Å². The van der Waals surface area contributed by atoms with Crippen LogP contribution in [0.1, 0.15) is 16.2 Å². The van der Waals surface area contributed by atoms with Gasteiger partial charge in [-0.25, -0.2) is 4.79 Å². The average molecular weight is 295 g/mol. The third-order valence-electron chi connectivity index (χ3n) is 3.07. The van der Waals surface area contributed by atoms with Gasteiger partial charge in [0.15, 0.2) is 5.65 Å². The molecule has 0 atom stereocenters. The molecule has 108 valence electrons. The fourth-order valence-electron chi connectivity index (χ4n) is 2.17. The number of hydrogen-bond acceptors (Lipinski definition) is 4. The molecule has 3 rings (SSSR count). The van der Waals surface area contributed by atoms with Crippen molar-refractivity contribution >= 4 is 22.4 Å². The van der Waals surface area contributed by atoms with Crippen LogP contribution in [0.3, 0.4) is 0 Å². The molecule has 0 aliphatic carbocycles. The Kier molecular flexibility index (Phi) is 2.82. The second-order valence-corrected chi connectivity index (χ2v) is 4.29. The molecule has 8 heteroatoms. The Balaban J connectivity index is 2.47. The molecule has 0 unspecified atom stereocenters. The van der Waals surface area contributed by atoms with Crippen molar-refractivity contribution in [3.63, 3.8) is 0 Å². The smallest absolute Gasteiger partial charge is 0.452 e. The van der Waals surface area contributed by atoms with E-state index in [1.807, 2.05) is 0 Å². The highest BCUT2D eigenvalue weighted by atomic mass is 19.4. The first-order valence-electron chi connectivity index (χ1n) is 5.85. The van der Waals surface area contributed by atoms with Crippen molar-refractivity contribution < 1.29 is 22.7 Å². The van der Waals surface area contributed by atoms with Crippen LogP contribution >= 0.6 is 0 Å². The molecule has 2 aromatic heterocycles. The van der Waals surface area contributed by atoms with E-state index in [9.17, 15) is 18.0 Å². The number of alkyl halides is 3. The Labute approximate surface area is 116 Å². The zero-order chi connectivity index (χ0) is 15.2. The summed E-state index contributed by atoms with van der Waals surface area (Å²) in [5, 5.41) is 7.61. The maximum Gasteiger partial charge on any atom is 0.452 e. The minimum Gasteiger partial charge on any atom is -0.465 e. The molecule has 21 heavy (non-hydrogen) atoms. The van der Waals surface area contributed by atoms with E-state index in [4.69, 9.17) is 0 Å². The SMILES string of the molecule is COC(=O)c1cn2c(C(F)(F)F)nnc2c2ccccc12. The van der Waals surface area contributed by atoms with Crippen LogP contribution in [0.25, 0.3) is 16.4 Å². The number of benzene rings is 1. The topological polar surface area (TPSA) is 56.5 Å². The van der Waals surface area contributed by atoms with Gasteiger partial charge < -0.3 is 4.74 Å². The van der Waals surface area contributed by atoms with Gasteiger partial charge in [0, 0.05) is 17.0 Å². The molecule has 0 N–H and O–H groups in total. The van der Waals surface area contributed by atoms with E-state index in [2.05, 4.69) is 14.9 Å². The number of esters is 1. The minimum atomic E-state index is -4.67. The largest absolute Gasteiger partial charge is 0.465 e. The van der Waals surface area contributed by atoms with Gasteiger partial charge in [0.25, 0.3) is 0 Å². The summed E-state index contributed by atoms with van der Waals surface area (Å²) >= 11 is 0. The highest BCUT2D eigenvalue weighted by Gasteiger charge is 2.37. The second kappa shape index (κ2) is 4.44. The van der Waals surface area contributed by atoms with Gasteiger partial charge >= 0.3 is 12.1 Å². The van der Waals surface area contributed by atoms with Crippen LogP contribution in [-0.4, -0.2) is 27.7 Å². The third-order valence-corrected chi connectivity index (χ3v) is 3.07. The van der Waals surface area contributed by atoms with Gasteiger partial charge in [0.2, 0.25) is 5.82 Å². The van der Waals surface area contributed by atoms with Gasteiger partial charge in [-0.3, -0.25) is 4.40 Å². The maximum absolute atomic E-state index is 12.9. The molecule has 0 fully saturated rings. The van der Waals surface area contributed by atoms with Crippen LogP contribution in [0.15, 0.2) is 30.5 Å². The van der Waals surface area contributed by atoms with Crippen molar-refractivity contribution in [3.05, 3.63) is 41.9 Å². The van der Waals surface area contributed by atoms with E-state index < -0.39 is 18.0 Å². The number of fused-ring (bicyclic) bond motifs is 3. The van der Waals surface area contributed by atoms with Gasteiger partial charge in [-0.2, -0.15) is 13.2 Å². The number of hydrogen-bond donors (Lipinski definition) is 0. The molecule has 0 spiro atoms. The van der Waals surface area contributed by atoms with Crippen molar-refractivity contribution in [2.24, 2.45) is 0 Å². The zero-order valence-corrected chi connectivity index (χ0v) is 10.7. The number of nitrogens with zero attached hydrogens (tertiary/aromatic N) is 3. The normalized spacial score (nSPS) is 12.0. The molecule has 0 aliphatic rings. The minimum absolute atomic E-state index is 0.0194. The lowest BCUT2D eigenvalue weighted by atomic mass is 10.1. The quantitative estimate of drug-likeness (QED) is 0.648. The van der Waals surface area contributed by atoms with E-state index in [1.165, 1.54) is 0 Å². The van der Waals surface area contributed by atoms with Crippen molar-refractivity contribution in [1.29, 1.82) is 0 Å². The summed E-state index contributed by atoms with van der Waals surface area (Å²) in [6, 6.07) is 6.51. The van der Waals surface area contributed by atoms with Crippen molar-refractivity contribution in [2.45, 2.75) is 6.18 Å². The number of carbonyl (C=O) groups excluding carboxylic acids is 1. The summed E-state index contributed by atoms with van der Waals surface area (Å²) in [5.41, 5.74) is 0.0523. The number of halogens is 3. The first-order valence-corrected chi connectivity index (χ1v) is 5.85. The Bertz CT molecular complexity index is 855. The molecule has 2 heterocycles. The van der Waals surface area contributed by atoms with Gasteiger partial charge in [-0.1, -0.05) is 24.3 Å². The molecule has 3 aromatic rings. The molecule has 0 saturated carbocycles. The molecular weight excluding hydrogens is 287 g/mol. The summed E-state index contributed by atoms with van der Waals surface area (Å²) in [4.78, 5) is 11.8. The monoisotopic (exact) mass is 295 g/mol. The number of ether oxygens (including phenoxy) is 1. The van der Waals surface area contributed by atoms with Gasteiger partial charge in [-0.15, -0.1) is 10.2 Å². The van der Waals surface area contributed by atoms with Crippen molar-refractivity contribution in [3.8, 4) is 0 Å². The van der Waals surface area contributed by atoms with Crippen LogP contribution in [0.4, 0.5) is 13.2 Å². The highest BCUT2D eigenvalue weighted by molar-refractivity contribution is 6.08. The summed E-state index contributed by atoms with van der Waals surface area (Å²) in [5.74, 6) is -1.91. The molecule has 0 saturated heterocycles. The van der Waals surface area contributed by atoms with Crippen molar-refractivity contribution in [1.82, 2.24) is 14.6 Å². The van der Waals surface area contributed by atoms with Gasteiger partial charge in [-0.05, 0) is 0 Å². The van der Waals surface area contributed by atoms with E-state index in [1.54, 1.807) is 24.3 Å². The second-order valence-electron chi connectivity index (χ2n) is 4.29. The molecule has 0 bridgehead atoms. The lowest BCUT2D eigenvalue weighted by molar-refractivity contribution is -0.145. The zero-order valence-electron chi connectivity index (χ0n) is 10.7. The van der Waals surface area contributed by atoms with Crippen LogP contribution in [0.2, 0.25) is 0 Å². The molecule has 0 aliphatic heterocycles. The summed E-state index contributed by atoms with van der Waals surface area (Å²) < 4.78 is 44.2. The van der Waals surface area contributed by atoms with E-state index in [-0.39, 0.29) is 11.2 Å². The Hall–Kier alpha value is -2.64. The molecular formula is C13H8F3N3O2. The fraction of sp³-hybridized carbons (Fsp3) is 0.154. The number of carbonyl (C=O) groups is 1. The Morgan fingerprint density at radius 2 is 1.86 bits per heavy atom. The third kappa shape index (κ3) is 1.99. The highest BCUT2D eigenvalue weighted by Crippen LogP contribution is 2.31. The number of aromatic nitrogens is 3. The van der Waals surface area contributed by atoms with E-state index >= 15 is 0 Å². The molecule has 0 amide bonds. The first-order chi connectivity index (χ1) is 9.93. The standard InChI is InChI=1S/C13H8F3N3O2/c1-21-11(20)9-6-19-10(8-5-3-2-4-7(8)9)17-18-12(19)13(14,15)16/h2-6H,1H3. The number of pyridine rings is 1. The van der Waals surface area contributed by atoms with Crippen LogP contribution in [-0.2, 0) is 10.9 Å². The molecule has 5 nitrogen and oxygen atoms in total. The summed E-state index contributed by atoms with van der Waals surface area (Å²) in [6.45, 7) is 0. The predicted molar refractivity (Wildman–Crippen MR) is 66.8 cm³/mol. The van der Waals surface area contributed by atoms with Crippen LogP contribution in [0, 0.1) is 0 Å². The predicted octanol–water partition coefficient (Wildman–Crippen LogP) is 2.69. The molecule has 0 radical (unpaired) electrons. The maximum atomic E-state index is 12.9. The lowest BCUT2D eigenvalue weighted by Crippen LogP contribution is -2.12. The summed E-state index contributed by atoms with van der Waals surface area (Å²) in [6.07, 6.45) is -3.62. The van der Waals surface area contributed by atoms with Crippen molar-refractivity contribution in [2.75, 3.05) is 7.11 Å². The lowest BCUT2D eigenvalue weighted by Gasteiger charge is -2.09. The first kappa shape index (κ1) is 13.3. The van der Waals surface area contributed by atoms with E-state index in [0.29, 0.717) is 10.8 Å². The summed E-state index contributed by atoms with van der Waals surface area (Å²) in [7, 11) is 1.16. The average Bonchev–Trinajstić information content (AvgIpc) is 2.89. The van der Waals surface area contributed by atoms with Crippen LogP contribution < -0.4 is 0 Å². The Morgan fingerprint density at radius 1 is 1.19 bits per heavy atom. The number of methoxy groups -OCH3 is 1. The van der Waals surface area contributed by atoms with Crippen LogP contribution in [0.5, 0.6) is 0 Å². The van der Waals surface area contributed by atoms with E-state index in [0.717, 1.165) is 17.7 Å². The van der Waals surface area contributed by atoms with Gasteiger partial charge in [0.05, 0.1) is 12.7 Å². The Morgan fingerprint density at radius 3 is 2.48 bits per heavy atom. The molecule has 1 aromatic carbocycles.